The Labute approximate surface area is 126 Å². The summed E-state index contributed by atoms with van der Waals surface area (Å²) in [5.74, 6) is -0.489. The minimum absolute atomic E-state index is 0.197. The molecule has 2 aromatic carbocycles. The molecule has 0 radical (unpaired) electrons. The van der Waals surface area contributed by atoms with Gasteiger partial charge in [-0.1, -0.05) is 17.3 Å². The van der Waals surface area contributed by atoms with E-state index in [2.05, 4.69) is 15.6 Å². The Morgan fingerprint density at radius 1 is 1.23 bits per heavy atom. The number of fused-ring (bicyclic) bond motifs is 1. The van der Waals surface area contributed by atoms with Gasteiger partial charge in [0.25, 0.3) is 5.91 Å². The van der Waals surface area contributed by atoms with Gasteiger partial charge in [0.15, 0.2) is 0 Å². The SMILES string of the molecule is CCn1nnc2cc(C(=O)NCc3ccc(F)cc3)ccc21. The van der Waals surface area contributed by atoms with Gasteiger partial charge in [0.05, 0.1) is 5.52 Å². The molecule has 3 rings (SSSR count). The van der Waals surface area contributed by atoms with Gasteiger partial charge >= 0.3 is 0 Å². The predicted molar refractivity (Wildman–Crippen MR) is 80.8 cm³/mol. The van der Waals surface area contributed by atoms with E-state index in [-0.39, 0.29) is 11.7 Å². The maximum absolute atomic E-state index is 12.8. The summed E-state index contributed by atoms with van der Waals surface area (Å²) in [6, 6.07) is 11.3. The Kier molecular flexibility index (Phi) is 3.82. The van der Waals surface area contributed by atoms with E-state index < -0.39 is 0 Å². The highest BCUT2D eigenvalue weighted by Crippen LogP contribution is 2.13. The van der Waals surface area contributed by atoms with Crippen molar-refractivity contribution in [2.24, 2.45) is 0 Å². The first kappa shape index (κ1) is 14.2. The van der Waals surface area contributed by atoms with Crippen LogP contribution in [-0.2, 0) is 13.1 Å². The van der Waals surface area contributed by atoms with Crippen molar-refractivity contribution < 1.29 is 9.18 Å². The van der Waals surface area contributed by atoms with Gasteiger partial charge in [-0.25, -0.2) is 9.07 Å². The Morgan fingerprint density at radius 3 is 2.73 bits per heavy atom. The number of hydrogen-bond acceptors (Lipinski definition) is 3. The zero-order valence-electron chi connectivity index (χ0n) is 12.1. The lowest BCUT2D eigenvalue weighted by Crippen LogP contribution is -2.22. The van der Waals surface area contributed by atoms with Gasteiger partial charge in [0, 0.05) is 18.7 Å². The fourth-order valence-corrected chi connectivity index (χ4v) is 2.23. The van der Waals surface area contributed by atoms with Gasteiger partial charge in [0.2, 0.25) is 0 Å². The highest BCUT2D eigenvalue weighted by molar-refractivity contribution is 5.97. The number of nitrogens with one attached hydrogen (secondary N) is 1. The summed E-state index contributed by atoms with van der Waals surface area (Å²) in [6.45, 7) is 3.06. The number of carbonyl (C=O) groups is 1. The van der Waals surface area contributed by atoms with E-state index in [1.54, 1.807) is 28.9 Å². The van der Waals surface area contributed by atoms with Gasteiger partial charge < -0.3 is 5.32 Å². The van der Waals surface area contributed by atoms with Gasteiger partial charge in [0.1, 0.15) is 11.3 Å². The van der Waals surface area contributed by atoms with Crippen molar-refractivity contribution in [1.29, 1.82) is 0 Å². The first-order valence-corrected chi connectivity index (χ1v) is 7.03. The summed E-state index contributed by atoms with van der Waals surface area (Å²) in [5, 5.41) is 10.9. The number of rotatable bonds is 4. The van der Waals surface area contributed by atoms with Crippen molar-refractivity contribution in [3.8, 4) is 0 Å². The number of benzene rings is 2. The molecule has 112 valence electrons. The molecular weight excluding hydrogens is 283 g/mol. The first-order chi connectivity index (χ1) is 10.7. The van der Waals surface area contributed by atoms with Crippen LogP contribution in [0.15, 0.2) is 42.5 Å². The third-order valence-electron chi connectivity index (χ3n) is 3.44. The molecule has 1 heterocycles. The van der Waals surface area contributed by atoms with Crippen LogP contribution in [0.25, 0.3) is 11.0 Å². The molecule has 0 fully saturated rings. The zero-order valence-corrected chi connectivity index (χ0v) is 12.1. The fraction of sp³-hybridized carbons (Fsp3) is 0.188. The van der Waals surface area contributed by atoms with E-state index in [0.29, 0.717) is 17.6 Å². The van der Waals surface area contributed by atoms with Gasteiger partial charge in [-0.3, -0.25) is 4.79 Å². The summed E-state index contributed by atoms with van der Waals surface area (Å²) in [7, 11) is 0. The Morgan fingerprint density at radius 2 is 2.00 bits per heavy atom. The van der Waals surface area contributed by atoms with Crippen LogP contribution in [0.3, 0.4) is 0 Å². The van der Waals surface area contributed by atoms with Gasteiger partial charge in [-0.2, -0.15) is 0 Å². The van der Waals surface area contributed by atoms with Crippen molar-refractivity contribution in [3.63, 3.8) is 0 Å². The fourth-order valence-electron chi connectivity index (χ4n) is 2.23. The van der Waals surface area contributed by atoms with E-state index >= 15 is 0 Å². The van der Waals surface area contributed by atoms with Crippen LogP contribution in [0.4, 0.5) is 4.39 Å². The highest BCUT2D eigenvalue weighted by Gasteiger charge is 2.09. The predicted octanol–water partition coefficient (Wildman–Crippen LogP) is 2.52. The number of hydrogen-bond donors (Lipinski definition) is 1. The van der Waals surface area contributed by atoms with Crippen LogP contribution in [0.2, 0.25) is 0 Å². The summed E-state index contributed by atoms with van der Waals surface area (Å²) >= 11 is 0. The maximum atomic E-state index is 12.8. The lowest BCUT2D eigenvalue weighted by Gasteiger charge is -2.05. The third kappa shape index (κ3) is 2.81. The average molecular weight is 298 g/mol. The van der Waals surface area contributed by atoms with Gasteiger partial charge in [-0.05, 0) is 42.8 Å². The molecule has 3 aromatic rings. The molecule has 0 unspecified atom stereocenters. The monoisotopic (exact) mass is 298 g/mol. The van der Waals surface area contributed by atoms with Crippen molar-refractivity contribution in [3.05, 3.63) is 59.4 Å². The lowest BCUT2D eigenvalue weighted by atomic mass is 10.1. The molecule has 1 aromatic heterocycles. The van der Waals surface area contributed by atoms with Crippen molar-refractivity contribution in [2.75, 3.05) is 0 Å². The smallest absolute Gasteiger partial charge is 0.251 e. The number of carbonyl (C=O) groups excluding carboxylic acids is 1. The summed E-state index contributed by atoms with van der Waals surface area (Å²) < 4.78 is 14.6. The standard InChI is InChI=1S/C16H15FN4O/c1-2-21-15-8-5-12(9-14(15)19-20-21)16(22)18-10-11-3-6-13(17)7-4-11/h3-9H,2,10H2,1H3,(H,18,22). The summed E-state index contributed by atoms with van der Waals surface area (Å²) in [4.78, 5) is 12.2. The Balaban J connectivity index is 1.73. The molecule has 6 heteroatoms. The number of amides is 1. The normalized spacial score (nSPS) is 10.8. The summed E-state index contributed by atoms with van der Waals surface area (Å²) in [5.41, 5.74) is 2.96. The molecule has 0 aliphatic heterocycles. The van der Waals surface area contributed by atoms with E-state index in [0.717, 1.165) is 17.6 Å². The molecule has 0 saturated carbocycles. The van der Waals surface area contributed by atoms with E-state index in [1.807, 2.05) is 13.0 Å². The van der Waals surface area contributed by atoms with Crippen LogP contribution in [-0.4, -0.2) is 20.9 Å². The molecule has 0 atom stereocenters. The lowest BCUT2D eigenvalue weighted by molar-refractivity contribution is 0.0951. The molecule has 0 aliphatic carbocycles. The van der Waals surface area contributed by atoms with Crippen LogP contribution in [0, 0.1) is 5.82 Å². The second-order valence-electron chi connectivity index (χ2n) is 4.92. The zero-order chi connectivity index (χ0) is 15.5. The van der Waals surface area contributed by atoms with Crippen LogP contribution in [0.5, 0.6) is 0 Å². The second-order valence-corrected chi connectivity index (χ2v) is 4.92. The van der Waals surface area contributed by atoms with E-state index in [4.69, 9.17) is 0 Å². The quantitative estimate of drug-likeness (QED) is 0.805. The molecular formula is C16H15FN4O. The molecule has 1 N–H and O–H groups in total. The van der Waals surface area contributed by atoms with Crippen molar-refractivity contribution in [1.82, 2.24) is 20.3 Å². The minimum atomic E-state index is -0.292. The second kappa shape index (κ2) is 5.93. The van der Waals surface area contributed by atoms with Crippen LogP contribution in [0.1, 0.15) is 22.8 Å². The first-order valence-electron chi connectivity index (χ1n) is 7.03. The number of halogens is 1. The average Bonchev–Trinajstić information content (AvgIpc) is 2.96. The number of aromatic nitrogens is 3. The van der Waals surface area contributed by atoms with E-state index in [9.17, 15) is 9.18 Å². The molecule has 0 bridgehead atoms. The topological polar surface area (TPSA) is 59.8 Å². The molecule has 5 nitrogen and oxygen atoms in total. The van der Waals surface area contributed by atoms with Crippen LogP contribution >= 0.6 is 0 Å². The molecule has 0 spiro atoms. The van der Waals surface area contributed by atoms with Crippen molar-refractivity contribution in [2.45, 2.75) is 20.0 Å². The number of aryl methyl sites for hydroxylation is 1. The highest BCUT2D eigenvalue weighted by atomic mass is 19.1. The Hall–Kier alpha value is -2.76. The van der Waals surface area contributed by atoms with Crippen molar-refractivity contribution >= 4 is 16.9 Å². The molecule has 0 aliphatic rings. The summed E-state index contributed by atoms with van der Waals surface area (Å²) in [6.07, 6.45) is 0. The minimum Gasteiger partial charge on any atom is -0.348 e. The maximum Gasteiger partial charge on any atom is 0.251 e. The largest absolute Gasteiger partial charge is 0.348 e. The Bertz CT molecular complexity index is 811. The molecule has 22 heavy (non-hydrogen) atoms. The van der Waals surface area contributed by atoms with Crippen LogP contribution < -0.4 is 5.32 Å². The number of nitrogens with zero attached hydrogens (tertiary/aromatic N) is 3. The molecule has 0 saturated heterocycles. The third-order valence-corrected chi connectivity index (χ3v) is 3.44. The van der Waals surface area contributed by atoms with Gasteiger partial charge in [-0.15, -0.1) is 5.10 Å². The molecule has 1 amide bonds. The van der Waals surface area contributed by atoms with E-state index in [1.165, 1.54) is 12.1 Å².